The van der Waals surface area contributed by atoms with E-state index in [2.05, 4.69) is 41.7 Å². The fourth-order valence-corrected chi connectivity index (χ4v) is 2.46. The van der Waals surface area contributed by atoms with Crippen molar-refractivity contribution in [1.82, 2.24) is 0 Å². The van der Waals surface area contributed by atoms with E-state index in [1.54, 1.807) is 0 Å². The molecule has 0 amide bonds. The van der Waals surface area contributed by atoms with E-state index in [0.29, 0.717) is 5.92 Å². The SMILES string of the molecule is C1=CC2c3ccccc3NCC2C1.CC. The molecule has 1 heterocycles. The molecule has 1 aliphatic heterocycles. The maximum absolute atomic E-state index is 3.49. The van der Waals surface area contributed by atoms with Crippen molar-refractivity contribution >= 4 is 5.69 Å². The fourth-order valence-electron chi connectivity index (χ4n) is 2.46. The number of hydrogen-bond acceptors (Lipinski definition) is 1. The van der Waals surface area contributed by atoms with Gasteiger partial charge in [-0.05, 0) is 24.0 Å². The van der Waals surface area contributed by atoms with Crippen molar-refractivity contribution in [3.63, 3.8) is 0 Å². The van der Waals surface area contributed by atoms with E-state index in [1.807, 2.05) is 13.8 Å². The number of nitrogens with one attached hydrogen (secondary N) is 1. The van der Waals surface area contributed by atoms with E-state index < -0.39 is 0 Å². The zero-order valence-corrected chi connectivity index (χ0v) is 9.53. The summed E-state index contributed by atoms with van der Waals surface area (Å²) in [7, 11) is 0. The lowest BCUT2D eigenvalue weighted by Crippen LogP contribution is -2.23. The first-order valence-corrected chi connectivity index (χ1v) is 5.94. The molecule has 1 heteroatoms. The van der Waals surface area contributed by atoms with Crippen LogP contribution in [-0.2, 0) is 0 Å². The van der Waals surface area contributed by atoms with Crippen molar-refractivity contribution in [3.8, 4) is 0 Å². The molecule has 2 atom stereocenters. The van der Waals surface area contributed by atoms with Crippen LogP contribution >= 0.6 is 0 Å². The smallest absolute Gasteiger partial charge is 0.0378 e. The highest BCUT2D eigenvalue weighted by atomic mass is 14.9. The third-order valence-corrected chi connectivity index (χ3v) is 3.16. The third-order valence-electron chi connectivity index (χ3n) is 3.16. The average Bonchev–Trinajstić information content (AvgIpc) is 2.80. The first-order valence-electron chi connectivity index (χ1n) is 5.94. The van der Waals surface area contributed by atoms with Crippen LogP contribution in [0.15, 0.2) is 36.4 Å². The first kappa shape index (κ1) is 10.3. The van der Waals surface area contributed by atoms with E-state index in [4.69, 9.17) is 0 Å². The highest BCUT2D eigenvalue weighted by molar-refractivity contribution is 5.57. The molecule has 0 bridgehead atoms. The molecule has 0 fully saturated rings. The number of anilines is 1. The van der Waals surface area contributed by atoms with E-state index in [-0.39, 0.29) is 0 Å². The summed E-state index contributed by atoms with van der Waals surface area (Å²) < 4.78 is 0. The van der Waals surface area contributed by atoms with Crippen molar-refractivity contribution in [3.05, 3.63) is 42.0 Å². The molecule has 0 saturated carbocycles. The Morgan fingerprint density at radius 3 is 2.87 bits per heavy atom. The molecular formula is C14H19N. The molecule has 1 nitrogen and oxygen atoms in total. The highest BCUT2D eigenvalue weighted by Crippen LogP contribution is 2.41. The Bertz CT molecular complexity index is 354. The molecule has 3 rings (SSSR count). The average molecular weight is 201 g/mol. The zero-order chi connectivity index (χ0) is 10.7. The second kappa shape index (κ2) is 4.52. The maximum Gasteiger partial charge on any atom is 0.0378 e. The van der Waals surface area contributed by atoms with Crippen molar-refractivity contribution in [2.24, 2.45) is 5.92 Å². The minimum atomic E-state index is 0.678. The summed E-state index contributed by atoms with van der Waals surface area (Å²) in [6.45, 7) is 5.13. The standard InChI is InChI=1S/C12H13N.C2H6/c1-2-7-12-11(5-1)10-6-3-4-9(10)8-13-12;1-2/h1-3,5-7,9-10,13H,4,8H2;1-2H3. The Balaban J connectivity index is 0.000000404. The van der Waals surface area contributed by atoms with Crippen molar-refractivity contribution < 1.29 is 0 Å². The molecule has 2 aliphatic rings. The molecule has 0 saturated heterocycles. The predicted octanol–water partition coefficient (Wildman–Crippen LogP) is 3.80. The normalized spacial score (nSPS) is 25.7. The van der Waals surface area contributed by atoms with Crippen LogP contribution in [0.3, 0.4) is 0 Å². The maximum atomic E-state index is 3.49. The lowest BCUT2D eigenvalue weighted by atomic mass is 9.85. The molecule has 1 aromatic carbocycles. The van der Waals surface area contributed by atoms with Crippen molar-refractivity contribution in [1.29, 1.82) is 0 Å². The van der Waals surface area contributed by atoms with E-state index in [1.165, 1.54) is 17.7 Å². The molecular weight excluding hydrogens is 182 g/mol. The van der Waals surface area contributed by atoms with Crippen LogP contribution in [0.5, 0.6) is 0 Å². The first-order chi connectivity index (χ1) is 7.45. The van der Waals surface area contributed by atoms with Crippen LogP contribution in [0.1, 0.15) is 31.7 Å². The largest absolute Gasteiger partial charge is 0.384 e. The fraction of sp³-hybridized carbons (Fsp3) is 0.429. The van der Waals surface area contributed by atoms with Crippen LogP contribution in [0.25, 0.3) is 0 Å². The Labute approximate surface area is 92.2 Å². The quantitative estimate of drug-likeness (QED) is 0.630. The van der Waals surface area contributed by atoms with Crippen LogP contribution in [0, 0.1) is 5.92 Å². The number of rotatable bonds is 0. The van der Waals surface area contributed by atoms with Crippen LogP contribution in [-0.4, -0.2) is 6.54 Å². The van der Waals surface area contributed by atoms with Crippen LogP contribution in [0.4, 0.5) is 5.69 Å². The third kappa shape index (κ3) is 1.79. The summed E-state index contributed by atoms with van der Waals surface area (Å²) in [5.74, 6) is 1.48. The monoisotopic (exact) mass is 201 g/mol. The highest BCUT2D eigenvalue weighted by Gasteiger charge is 2.29. The molecule has 1 aliphatic carbocycles. The van der Waals surface area contributed by atoms with Gasteiger partial charge in [-0.25, -0.2) is 0 Å². The lowest BCUT2D eigenvalue weighted by molar-refractivity contribution is 0.523. The van der Waals surface area contributed by atoms with Gasteiger partial charge in [0, 0.05) is 18.2 Å². The van der Waals surface area contributed by atoms with Gasteiger partial charge in [0.2, 0.25) is 0 Å². The lowest BCUT2D eigenvalue weighted by Gasteiger charge is -2.29. The minimum absolute atomic E-state index is 0.678. The van der Waals surface area contributed by atoms with Gasteiger partial charge in [-0.1, -0.05) is 44.2 Å². The summed E-state index contributed by atoms with van der Waals surface area (Å²) in [6, 6.07) is 8.66. The second-order valence-corrected chi connectivity index (χ2v) is 3.92. The van der Waals surface area contributed by atoms with Crippen LogP contribution < -0.4 is 5.32 Å². The van der Waals surface area contributed by atoms with Gasteiger partial charge >= 0.3 is 0 Å². The molecule has 15 heavy (non-hydrogen) atoms. The van der Waals surface area contributed by atoms with Gasteiger partial charge in [-0.15, -0.1) is 0 Å². The number of fused-ring (bicyclic) bond motifs is 3. The summed E-state index contributed by atoms with van der Waals surface area (Å²) in [5.41, 5.74) is 2.81. The number of benzene rings is 1. The Morgan fingerprint density at radius 1 is 1.20 bits per heavy atom. The number of hydrogen-bond donors (Lipinski definition) is 1. The van der Waals surface area contributed by atoms with Gasteiger partial charge in [-0.2, -0.15) is 0 Å². The summed E-state index contributed by atoms with van der Waals surface area (Å²) in [4.78, 5) is 0. The number of allylic oxidation sites excluding steroid dienone is 2. The van der Waals surface area contributed by atoms with E-state index in [0.717, 1.165) is 12.5 Å². The summed E-state index contributed by atoms with van der Waals surface area (Å²) in [5, 5.41) is 3.49. The predicted molar refractivity (Wildman–Crippen MR) is 66.3 cm³/mol. The van der Waals surface area contributed by atoms with Gasteiger partial charge in [0.25, 0.3) is 0 Å². The van der Waals surface area contributed by atoms with E-state index in [9.17, 15) is 0 Å². The Hall–Kier alpha value is -1.24. The molecule has 80 valence electrons. The minimum Gasteiger partial charge on any atom is -0.384 e. The van der Waals surface area contributed by atoms with Gasteiger partial charge < -0.3 is 5.32 Å². The zero-order valence-electron chi connectivity index (χ0n) is 9.53. The summed E-state index contributed by atoms with van der Waals surface area (Å²) in [6.07, 6.45) is 5.93. The molecule has 0 aromatic heterocycles. The molecule has 1 aromatic rings. The molecule has 0 spiro atoms. The van der Waals surface area contributed by atoms with Gasteiger partial charge in [0.1, 0.15) is 0 Å². The molecule has 0 radical (unpaired) electrons. The van der Waals surface area contributed by atoms with Crippen molar-refractivity contribution in [2.45, 2.75) is 26.2 Å². The molecule has 2 unspecified atom stereocenters. The van der Waals surface area contributed by atoms with E-state index >= 15 is 0 Å². The number of para-hydroxylation sites is 1. The van der Waals surface area contributed by atoms with Crippen LogP contribution in [0.2, 0.25) is 0 Å². The Kier molecular flexibility index (Phi) is 3.10. The second-order valence-electron chi connectivity index (χ2n) is 3.92. The van der Waals surface area contributed by atoms with Crippen molar-refractivity contribution in [2.75, 3.05) is 11.9 Å². The topological polar surface area (TPSA) is 12.0 Å². The molecule has 1 N–H and O–H groups in total. The van der Waals surface area contributed by atoms with Gasteiger partial charge in [-0.3, -0.25) is 0 Å². The summed E-state index contributed by atoms with van der Waals surface area (Å²) >= 11 is 0. The van der Waals surface area contributed by atoms with Gasteiger partial charge in [0.15, 0.2) is 0 Å². The van der Waals surface area contributed by atoms with Gasteiger partial charge in [0.05, 0.1) is 0 Å². The Morgan fingerprint density at radius 2 is 2.00 bits per heavy atom.